The molecule has 1 saturated heterocycles. The molecular weight excluding hydrogens is 617 g/mol. The number of ether oxygens (including phenoxy) is 2. The zero-order valence-corrected chi connectivity index (χ0v) is 28.6. The molecule has 0 amide bonds. The predicted octanol–water partition coefficient (Wildman–Crippen LogP) is 6.58. The van der Waals surface area contributed by atoms with Crippen LogP contribution in [0.3, 0.4) is 0 Å². The average molecular weight is 674 g/mol. The van der Waals surface area contributed by atoms with E-state index in [1.54, 1.807) is 0 Å². The Labute approximate surface area is 272 Å². The number of hydrogen-bond donors (Lipinski definition) is 3. The van der Waals surface area contributed by atoms with Crippen molar-refractivity contribution in [3.05, 3.63) is 43.0 Å². The highest BCUT2D eigenvalue weighted by Gasteiger charge is 2.38. The van der Waals surface area contributed by atoms with Gasteiger partial charge in [-0.05, 0) is 18.9 Å². The third-order valence-corrected chi connectivity index (χ3v) is 9.10. The lowest BCUT2D eigenvalue weighted by Gasteiger charge is -2.19. The largest absolute Gasteiger partial charge is 0.472 e. The molecule has 1 aromatic heterocycles. The maximum Gasteiger partial charge on any atom is 0.472 e. The number of aromatic amines is 1. The minimum absolute atomic E-state index is 0.0432. The number of aromatic nitrogens is 2. The van der Waals surface area contributed by atoms with Crippen molar-refractivity contribution in [1.82, 2.24) is 9.55 Å². The van der Waals surface area contributed by atoms with E-state index in [0.29, 0.717) is 6.61 Å². The molecule has 2 heterocycles. The molecule has 14 nitrogen and oxygen atoms in total. The average Bonchev–Trinajstić information content (AvgIpc) is 3.42. The molecule has 1 aliphatic heterocycles. The maximum absolute atomic E-state index is 12.4. The topological polar surface area (TPSA) is 198 Å². The van der Waals surface area contributed by atoms with Gasteiger partial charge in [-0.1, -0.05) is 108 Å². The van der Waals surface area contributed by atoms with Crippen molar-refractivity contribution < 1.29 is 33.1 Å². The van der Waals surface area contributed by atoms with Gasteiger partial charge in [0, 0.05) is 29.7 Å². The van der Waals surface area contributed by atoms with Crippen molar-refractivity contribution in [2.75, 3.05) is 26.4 Å². The molecule has 0 aromatic carbocycles. The van der Waals surface area contributed by atoms with Gasteiger partial charge in [-0.15, -0.1) is 0 Å². The molecule has 1 unspecified atom stereocenters. The number of nitrogens with one attached hydrogen (secondary N) is 1. The Morgan fingerprint density at radius 1 is 1.00 bits per heavy atom. The van der Waals surface area contributed by atoms with Crippen LogP contribution < -0.4 is 11.2 Å². The number of unbranched alkanes of at least 4 members (excludes halogenated alkanes) is 15. The van der Waals surface area contributed by atoms with E-state index in [-0.39, 0.29) is 18.6 Å². The molecular formula is C31H56N5O9P. The highest BCUT2D eigenvalue weighted by molar-refractivity contribution is 7.47. The molecule has 15 heteroatoms. The number of nitrogens with zero attached hydrogens (tertiary/aromatic N) is 4. The summed E-state index contributed by atoms with van der Waals surface area (Å²) in [7, 11) is -4.58. The number of phosphoric acid groups is 1. The SMILES string of the molecule is CCCCCCCCCCCCCCCCCCOC[C@@H](O)COP(=O)(O)OC[C@H]1O[C@@H](n2cc(C)c(=O)[nH]c2=O)C[C@@H]1N=[N+]=[N-]. The van der Waals surface area contributed by atoms with Gasteiger partial charge in [0.1, 0.15) is 12.3 Å². The highest BCUT2D eigenvalue weighted by atomic mass is 31.2. The number of rotatable bonds is 27. The van der Waals surface area contributed by atoms with Gasteiger partial charge in [-0.3, -0.25) is 23.4 Å². The second kappa shape index (κ2) is 23.3. The molecule has 0 spiro atoms. The van der Waals surface area contributed by atoms with Crippen molar-refractivity contribution >= 4 is 7.82 Å². The molecule has 5 atom stereocenters. The lowest BCUT2D eigenvalue weighted by Crippen LogP contribution is -2.33. The molecule has 46 heavy (non-hydrogen) atoms. The second-order valence-electron chi connectivity index (χ2n) is 12.2. The van der Waals surface area contributed by atoms with Crippen LogP contribution in [0.1, 0.15) is 128 Å². The molecule has 3 N–H and O–H groups in total. The van der Waals surface area contributed by atoms with Crippen LogP contribution in [-0.4, -0.2) is 64.2 Å². The first-order valence-corrected chi connectivity index (χ1v) is 18.6. The summed E-state index contributed by atoms with van der Waals surface area (Å²) in [5.74, 6) is 0. The Morgan fingerprint density at radius 2 is 1.57 bits per heavy atom. The van der Waals surface area contributed by atoms with Gasteiger partial charge in [0.15, 0.2) is 0 Å². The van der Waals surface area contributed by atoms with E-state index in [1.807, 2.05) is 0 Å². The number of azide groups is 1. The number of hydrogen-bond acceptors (Lipinski definition) is 9. The zero-order chi connectivity index (χ0) is 33.6. The van der Waals surface area contributed by atoms with Gasteiger partial charge in [0.25, 0.3) is 5.56 Å². The summed E-state index contributed by atoms with van der Waals surface area (Å²) in [5, 5.41) is 13.7. The summed E-state index contributed by atoms with van der Waals surface area (Å²) in [6.07, 6.45) is 19.0. The van der Waals surface area contributed by atoms with E-state index in [2.05, 4.69) is 21.9 Å². The molecule has 1 aliphatic rings. The summed E-state index contributed by atoms with van der Waals surface area (Å²) in [5.41, 5.74) is 7.95. The fourth-order valence-corrected chi connectivity index (χ4v) is 6.20. The van der Waals surface area contributed by atoms with Gasteiger partial charge in [-0.2, -0.15) is 0 Å². The van der Waals surface area contributed by atoms with Crippen LogP contribution in [0.15, 0.2) is 20.9 Å². The maximum atomic E-state index is 12.4. The van der Waals surface area contributed by atoms with E-state index < -0.39 is 56.8 Å². The molecule has 0 saturated carbocycles. The van der Waals surface area contributed by atoms with E-state index in [9.17, 15) is 24.2 Å². The Morgan fingerprint density at radius 3 is 2.13 bits per heavy atom. The van der Waals surface area contributed by atoms with E-state index in [4.69, 9.17) is 24.1 Å². The molecule has 1 fully saturated rings. The van der Waals surface area contributed by atoms with Crippen molar-refractivity contribution in [3.8, 4) is 0 Å². The Hall–Kier alpha value is -2.02. The normalized spacial score (nSPS) is 20.0. The van der Waals surface area contributed by atoms with Crippen LogP contribution in [0.2, 0.25) is 0 Å². The minimum Gasteiger partial charge on any atom is -0.388 e. The molecule has 264 valence electrons. The Balaban J connectivity index is 1.51. The third kappa shape index (κ3) is 16.7. The molecule has 0 radical (unpaired) electrons. The van der Waals surface area contributed by atoms with Crippen molar-refractivity contribution in [2.24, 2.45) is 5.11 Å². The number of aliphatic hydroxyl groups is 1. The van der Waals surface area contributed by atoms with Crippen LogP contribution in [0, 0.1) is 6.92 Å². The van der Waals surface area contributed by atoms with Crippen LogP contribution >= 0.6 is 7.82 Å². The van der Waals surface area contributed by atoms with Gasteiger partial charge >= 0.3 is 13.5 Å². The summed E-state index contributed by atoms with van der Waals surface area (Å²) < 4.78 is 34.7. The van der Waals surface area contributed by atoms with E-state index in [0.717, 1.165) is 23.8 Å². The third-order valence-electron chi connectivity index (χ3n) is 8.14. The van der Waals surface area contributed by atoms with Crippen LogP contribution in [0.5, 0.6) is 0 Å². The first-order chi connectivity index (χ1) is 22.2. The van der Waals surface area contributed by atoms with Crippen LogP contribution in [0.4, 0.5) is 0 Å². The van der Waals surface area contributed by atoms with Crippen LogP contribution in [0.25, 0.3) is 10.4 Å². The van der Waals surface area contributed by atoms with E-state index >= 15 is 0 Å². The number of aliphatic hydroxyl groups excluding tert-OH is 1. The summed E-state index contributed by atoms with van der Waals surface area (Å²) in [4.78, 5) is 38.9. The second-order valence-corrected chi connectivity index (χ2v) is 13.7. The van der Waals surface area contributed by atoms with Gasteiger partial charge < -0.3 is 19.5 Å². The van der Waals surface area contributed by atoms with Gasteiger partial charge in [0.2, 0.25) is 0 Å². The highest BCUT2D eigenvalue weighted by Crippen LogP contribution is 2.44. The lowest BCUT2D eigenvalue weighted by molar-refractivity contribution is -0.0328. The van der Waals surface area contributed by atoms with Crippen LogP contribution in [-0.2, 0) is 23.1 Å². The quantitative estimate of drug-likeness (QED) is 0.0303. The molecule has 2 rings (SSSR count). The Bertz CT molecular complexity index is 1190. The van der Waals surface area contributed by atoms with E-state index in [1.165, 1.54) is 96.6 Å². The zero-order valence-electron chi connectivity index (χ0n) is 27.7. The summed E-state index contributed by atoms with van der Waals surface area (Å²) in [6.45, 7) is 3.27. The smallest absolute Gasteiger partial charge is 0.388 e. The monoisotopic (exact) mass is 673 g/mol. The van der Waals surface area contributed by atoms with Crippen molar-refractivity contribution in [2.45, 2.75) is 147 Å². The predicted molar refractivity (Wildman–Crippen MR) is 176 cm³/mol. The first kappa shape index (κ1) is 40.2. The number of H-pyrrole nitrogens is 1. The standard InChI is InChI=1S/C31H56N5O9P/c1-3-4-5-6-7-8-9-10-11-12-13-14-15-16-17-18-19-42-22-26(37)23-43-46(40,41)44-24-28-27(34-35-32)20-29(45-28)36-21-25(2)30(38)33-31(36)39/h21,26-29,37H,3-20,22-24H2,1-2H3,(H,40,41)(H,33,38,39)/t26-,27+,28-,29-/m1/s1. The Kier molecular flexibility index (Phi) is 20.4. The summed E-state index contributed by atoms with van der Waals surface area (Å²) in [6, 6.07) is -0.808. The molecule has 0 bridgehead atoms. The minimum atomic E-state index is -4.58. The summed E-state index contributed by atoms with van der Waals surface area (Å²) >= 11 is 0. The fourth-order valence-electron chi connectivity index (χ4n) is 5.43. The van der Waals surface area contributed by atoms with Gasteiger partial charge in [-0.25, -0.2) is 9.36 Å². The number of phosphoric ester groups is 1. The number of aryl methyl sites for hydroxylation is 1. The van der Waals surface area contributed by atoms with Crippen molar-refractivity contribution in [3.63, 3.8) is 0 Å². The van der Waals surface area contributed by atoms with Crippen molar-refractivity contribution in [1.29, 1.82) is 0 Å². The first-order valence-electron chi connectivity index (χ1n) is 17.1. The van der Waals surface area contributed by atoms with Gasteiger partial charge in [0.05, 0.1) is 32.0 Å². The molecule has 0 aliphatic carbocycles. The molecule has 1 aromatic rings. The lowest BCUT2D eigenvalue weighted by atomic mass is 10.0. The fraction of sp³-hybridized carbons (Fsp3) is 0.871.